The number of rotatable bonds is 11. The first kappa shape index (κ1) is 25.3. The molecular formula is C27H28N2O6. The summed E-state index contributed by atoms with van der Waals surface area (Å²) in [5.41, 5.74) is 4.01. The van der Waals surface area contributed by atoms with E-state index in [9.17, 15) is 9.59 Å². The van der Waals surface area contributed by atoms with Crippen LogP contribution in [-0.4, -0.2) is 38.9 Å². The number of hydrogen-bond acceptors (Lipinski definition) is 7. The maximum atomic E-state index is 12.4. The highest BCUT2D eigenvalue weighted by molar-refractivity contribution is 5.95. The van der Waals surface area contributed by atoms with E-state index in [1.807, 2.05) is 0 Å². The molecule has 1 amide bonds. The van der Waals surface area contributed by atoms with Crippen LogP contribution in [0.3, 0.4) is 0 Å². The monoisotopic (exact) mass is 476 g/mol. The van der Waals surface area contributed by atoms with Gasteiger partial charge in [-0.3, -0.25) is 4.79 Å². The Balaban J connectivity index is 1.52. The van der Waals surface area contributed by atoms with Gasteiger partial charge in [-0.2, -0.15) is 5.10 Å². The van der Waals surface area contributed by atoms with Crippen LogP contribution in [-0.2, 0) is 0 Å². The first-order valence-corrected chi connectivity index (χ1v) is 11.1. The van der Waals surface area contributed by atoms with Crippen molar-refractivity contribution in [2.45, 2.75) is 19.8 Å². The van der Waals surface area contributed by atoms with Crippen molar-refractivity contribution in [3.8, 4) is 23.0 Å². The fraction of sp³-hybridized carbons (Fsp3) is 0.222. The third-order valence-electron chi connectivity index (χ3n) is 4.97. The van der Waals surface area contributed by atoms with Gasteiger partial charge in [-0.15, -0.1) is 0 Å². The molecule has 3 aromatic carbocycles. The van der Waals surface area contributed by atoms with Gasteiger partial charge in [0, 0.05) is 5.56 Å². The standard InChI is InChI=1S/C27H28N2O6/c1-4-5-16-34-22-13-8-20(9-14-22)26(30)29-28-18-19-6-11-23(12-7-19)35-27(31)21-10-15-24(32-2)25(17-21)33-3/h6-15,17-18H,4-5,16H2,1-3H3,(H,29,30)/b28-18+. The van der Waals surface area contributed by atoms with Crippen molar-refractivity contribution in [2.24, 2.45) is 5.10 Å². The molecule has 35 heavy (non-hydrogen) atoms. The van der Waals surface area contributed by atoms with Crippen LogP contribution in [0, 0.1) is 0 Å². The van der Waals surface area contributed by atoms with Crippen LogP contribution in [0.1, 0.15) is 46.0 Å². The van der Waals surface area contributed by atoms with Crippen LogP contribution < -0.4 is 24.4 Å². The molecule has 0 aliphatic rings. The SMILES string of the molecule is CCCCOc1ccc(C(=O)N/N=C/c2ccc(OC(=O)c3ccc(OC)c(OC)c3)cc2)cc1. The van der Waals surface area contributed by atoms with Crippen molar-refractivity contribution < 1.29 is 28.5 Å². The van der Waals surface area contributed by atoms with E-state index >= 15 is 0 Å². The second kappa shape index (κ2) is 12.8. The maximum Gasteiger partial charge on any atom is 0.343 e. The van der Waals surface area contributed by atoms with Gasteiger partial charge in [0.1, 0.15) is 11.5 Å². The average Bonchev–Trinajstić information content (AvgIpc) is 2.89. The number of amides is 1. The Morgan fingerprint density at radius 1 is 0.857 bits per heavy atom. The Labute approximate surface area is 204 Å². The molecule has 1 N–H and O–H groups in total. The minimum atomic E-state index is -0.526. The summed E-state index contributed by atoms with van der Waals surface area (Å²) in [5, 5.41) is 3.99. The van der Waals surface area contributed by atoms with Crippen molar-refractivity contribution in [1.29, 1.82) is 0 Å². The zero-order chi connectivity index (χ0) is 25.0. The van der Waals surface area contributed by atoms with Gasteiger partial charge in [0.05, 0.1) is 32.6 Å². The molecule has 0 radical (unpaired) electrons. The molecule has 0 atom stereocenters. The van der Waals surface area contributed by atoms with Crippen molar-refractivity contribution in [3.05, 3.63) is 83.4 Å². The van der Waals surface area contributed by atoms with Crippen molar-refractivity contribution in [1.82, 2.24) is 5.43 Å². The summed E-state index contributed by atoms with van der Waals surface area (Å²) in [6.07, 6.45) is 3.55. The number of carbonyl (C=O) groups excluding carboxylic acids is 2. The zero-order valence-electron chi connectivity index (χ0n) is 19.9. The molecule has 8 nitrogen and oxygen atoms in total. The van der Waals surface area contributed by atoms with Gasteiger partial charge in [0.25, 0.3) is 5.91 Å². The van der Waals surface area contributed by atoms with Gasteiger partial charge < -0.3 is 18.9 Å². The third kappa shape index (κ3) is 7.33. The number of hydrogen-bond donors (Lipinski definition) is 1. The molecule has 0 heterocycles. The number of nitrogens with zero attached hydrogens (tertiary/aromatic N) is 1. The number of esters is 1. The predicted octanol–water partition coefficient (Wildman–Crippen LogP) is 4.87. The van der Waals surface area contributed by atoms with Gasteiger partial charge in [0.15, 0.2) is 11.5 Å². The summed E-state index contributed by atoms with van der Waals surface area (Å²) in [5.74, 6) is 1.20. The highest BCUT2D eigenvalue weighted by Gasteiger charge is 2.13. The van der Waals surface area contributed by atoms with E-state index in [0.29, 0.717) is 35.0 Å². The molecule has 0 aromatic heterocycles. The van der Waals surface area contributed by atoms with Gasteiger partial charge in [-0.05, 0) is 78.7 Å². The van der Waals surface area contributed by atoms with Crippen molar-refractivity contribution >= 4 is 18.1 Å². The average molecular weight is 477 g/mol. The number of benzene rings is 3. The molecule has 0 saturated carbocycles. The first-order chi connectivity index (χ1) is 17.0. The molecular weight excluding hydrogens is 448 g/mol. The summed E-state index contributed by atoms with van der Waals surface area (Å²) < 4.78 is 21.4. The normalized spacial score (nSPS) is 10.6. The van der Waals surface area contributed by atoms with E-state index in [4.69, 9.17) is 18.9 Å². The van der Waals surface area contributed by atoms with Gasteiger partial charge in [-0.25, -0.2) is 10.2 Å². The smallest absolute Gasteiger partial charge is 0.343 e. The highest BCUT2D eigenvalue weighted by atomic mass is 16.5. The molecule has 0 unspecified atom stereocenters. The maximum absolute atomic E-state index is 12.4. The lowest BCUT2D eigenvalue weighted by Crippen LogP contribution is -2.17. The first-order valence-electron chi connectivity index (χ1n) is 11.1. The van der Waals surface area contributed by atoms with Crippen LogP contribution in [0.2, 0.25) is 0 Å². The fourth-order valence-corrected chi connectivity index (χ4v) is 3.02. The molecule has 0 aliphatic heterocycles. The molecule has 8 heteroatoms. The lowest BCUT2D eigenvalue weighted by molar-refractivity contribution is 0.0734. The molecule has 3 aromatic rings. The number of methoxy groups -OCH3 is 2. The molecule has 0 saturated heterocycles. The van der Waals surface area contributed by atoms with Crippen LogP contribution in [0.25, 0.3) is 0 Å². The topological polar surface area (TPSA) is 95.5 Å². The summed E-state index contributed by atoms with van der Waals surface area (Å²) in [6.45, 7) is 2.75. The van der Waals surface area contributed by atoms with E-state index in [2.05, 4.69) is 17.5 Å². The molecule has 0 spiro atoms. The van der Waals surface area contributed by atoms with E-state index in [1.54, 1.807) is 66.7 Å². The summed E-state index contributed by atoms with van der Waals surface area (Å²) in [4.78, 5) is 24.7. The summed E-state index contributed by atoms with van der Waals surface area (Å²) in [7, 11) is 3.02. The number of nitrogens with one attached hydrogen (secondary N) is 1. The lowest BCUT2D eigenvalue weighted by Gasteiger charge is -2.09. The quantitative estimate of drug-likeness (QED) is 0.140. The number of hydrazone groups is 1. The van der Waals surface area contributed by atoms with E-state index in [-0.39, 0.29) is 5.91 Å². The number of carbonyl (C=O) groups is 2. The van der Waals surface area contributed by atoms with Crippen LogP contribution in [0.4, 0.5) is 0 Å². The molecule has 182 valence electrons. The van der Waals surface area contributed by atoms with E-state index in [0.717, 1.165) is 24.2 Å². The number of ether oxygens (including phenoxy) is 4. The van der Waals surface area contributed by atoms with Crippen LogP contribution in [0.15, 0.2) is 71.8 Å². The molecule has 0 aliphatic carbocycles. The Bertz CT molecular complexity index is 1160. The minimum absolute atomic E-state index is 0.330. The van der Waals surface area contributed by atoms with Crippen molar-refractivity contribution in [3.63, 3.8) is 0 Å². The molecule has 0 bridgehead atoms. The Kier molecular flexibility index (Phi) is 9.24. The van der Waals surface area contributed by atoms with Gasteiger partial charge in [-0.1, -0.05) is 13.3 Å². The minimum Gasteiger partial charge on any atom is -0.494 e. The fourth-order valence-electron chi connectivity index (χ4n) is 3.02. The largest absolute Gasteiger partial charge is 0.494 e. The zero-order valence-corrected chi connectivity index (χ0v) is 19.9. The van der Waals surface area contributed by atoms with E-state index in [1.165, 1.54) is 20.4 Å². The summed E-state index contributed by atoms with van der Waals surface area (Å²) in [6, 6.07) is 18.4. The molecule has 0 fully saturated rings. The summed E-state index contributed by atoms with van der Waals surface area (Å²) >= 11 is 0. The molecule has 3 rings (SSSR count). The Morgan fingerprint density at radius 3 is 2.17 bits per heavy atom. The van der Waals surface area contributed by atoms with Gasteiger partial charge >= 0.3 is 5.97 Å². The lowest BCUT2D eigenvalue weighted by atomic mass is 10.2. The Morgan fingerprint density at radius 2 is 1.51 bits per heavy atom. The van der Waals surface area contributed by atoms with E-state index < -0.39 is 5.97 Å². The highest BCUT2D eigenvalue weighted by Crippen LogP contribution is 2.28. The number of unbranched alkanes of at least 4 members (excludes halogenated alkanes) is 1. The predicted molar refractivity (Wildman–Crippen MR) is 133 cm³/mol. The van der Waals surface area contributed by atoms with Gasteiger partial charge in [0.2, 0.25) is 0 Å². The van der Waals surface area contributed by atoms with Crippen molar-refractivity contribution in [2.75, 3.05) is 20.8 Å². The second-order valence-corrected chi connectivity index (χ2v) is 7.45. The van der Waals surface area contributed by atoms with Crippen LogP contribution >= 0.6 is 0 Å². The Hall–Kier alpha value is -4.33. The van der Waals surface area contributed by atoms with Crippen LogP contribution in [0.5, 0.6) is 23.0 Å². The third-order valence-corrected chi connectivity index (χ3v) is 4.97. The second-order valence-electron chi connectivity index (χ2n) is 7.45.